The van der Waals surface area contributed by atoms with Gasteiger partial charge in [-0.15, -0.1) is 0 Å². The molecule has 2 heterocycles. The Balaban J connectivity index is 1.91. The molecule has 2 unspecified atom stereocenters. The molecule has 2 aromatic carbocycles. The molecular weight excluding hydrogens is 422 g/mol. The number of aromatic nitrogens is 1. The zero-order chi connectivity index (χ0) is 22.2. The number of primary amides is 2. The Bertz CT molecular complexity index is 1210. The summed E-state index contributed by atoms with van der Waals surface area (Å²) >= 11 is 5.97. The van der Waals surface area contributed by atoms with Crippen LogP contribution in [-0.4, -0.2) is 23.2 Å². The van der Waals surface area contributed by atoms with E-state index in [9.17, 15) is 14.4 Å². The van der Waals surface area contributed by atoms with Crippen molar-refractivity contribution in [3.63, 3.8) is 0 Å². The summed E-state index contributed by atoms with van der Waals surface area (Å²) in [7, 11) is 0. The fourth-order valence-electron chi connectivity index (χ4n) is 3.94. The van der Waals surface area contributed by atoms with Gasteiger partial charge >= 0.3 is 0 Å². The first-order chi connectivity index (χ1) is 14.8. The second-order valence-electron chi connectivity index (χ2n) is 6.96. The van der Waals surface area contributed by atoms with Gasteiger partial charge in [0.25, 0.3) is 17.4 Å². The lowest BCUT2D eigenvalue weighted by Crippen LogP contribution is -2.61. The van der Waals surface area contributed by atoms with Crippen molar-refractivity contribution < 1.29 is 19.1 Å². The number of nitrogens with two attached hydrogens (primary N) is 2. The van der Waals surface area contributed by atoms with Gasteiger partial charge in [0.05, 0.1) is 0 Å². The van der Waals surface area contributed by atoms with Crippen LogP contribution in [0.25, 0.3) is 5.69 Å². The second-order valence-corrected chi connectivity index (χ2v) is 7.40. The minimum Gasteiger partial charge on any atom is -0.367 e. The monoisotopic (exact) mass is 439 g/mol. The van der Waals surface area contributed by atoms with Gasteiger partial charge in [0.15, 0.2) is 6.79 Å². The van der Waals surface area contributed by atoms with Crippen LogP contribution in [0.4, 0.5) is 0 Å². The van der Waals surface area contributed by atoms with Crippen molar-refractivity contribution in [2.45, 2.75) is 11.2 Å². The normalized spacial score (nSPS) is 22.9. The van der Waals surface area contributed by atoms with Gasteiger partial charge in [0.2, 0.25) is 11.2 Å². The van der Waals surface area contributed by atoms with Gasteiger partial charge in [0.1, 0.15) is 0 Å². The fraction of sp³-hybridized carbons (Fsp3) is 0.136. The van der Waals surface area contributed by atoms with E-state index in [1.54, 1.807) is 54.7 Å². The molecule has 4 N–H and O–H groups in total. The SMILES string of the molecule is NC(=O)C1(c2ccc(Cl)cc2)OCOC1(C(N)=O)c1ccc(-n2ccccc2=O)cc1. The number of carbonyl (C=O) groups excluding carboxylic acids is 2. The van der Waals surface area contributed by atoms with E-state index in [1.807, 2.05) is 0 Å². The summed E-state index contributed by atoms with van der Waals surface area (Å²) in [5.74, 6) is -1.90. The van der Waals surface area contributed by atoms with Gasteiger partial charge in [-0.2, -0.15) is 0 Å². The predicted molar refractivity (Wildman–Crippen MR) is 112 cm³/mol. The number of amides is 2. The lowest BCUT2D eigenvalue weighted by molar-refractivity contribution is -0.159. The summed E-state index contributed by atoms with van der Waals surface area (Å²) < 4.78 is 12.8. The zero-order valence-corrected chi connectivity index (χ0v) is 16.9. The van der Waals surface area contributed by atoms with Crippen molar-refractivity contribution in [2.24, 2.45) is 11.5 Å². The van der Waals surface area contributed by atoms with Crippen LogP contribution in [0.5, 0.6) is 0 Å². The molecule has 1 aliphatic rings. The van der Waals surface area contributed by atoms with Crippen molar-refractivity contribution in [3.05, 3.63) is 99.4 Å². The van der Waals surface area contributed by atoms with Crippen molar-refractivity contribution in [2.75, 3.05) is 6.79 Å². The summed E-state index contributed by atoms with van der Waals surface area (Å²) in [5, 5.41) is 0.421. The maximum absolute atomic E-state index is 12.8. The molecule has 4 rings (SSSR count). The Morgan fingerprint density at radius 2 is 1.35 bits per heavy atom. The number of pyridine rings is 1. The van der Waals surface area contributed by atoms with Crippen molar-refractivity contribution >= 4 is 23.4 Å². The highest BCUT2D eigenvalue weighted by Gasteiger charge is 2.68. The molecule has 2 amide bonds. The number of benzene rings is 2. The molecule has 0 radical (unpaired) electrons. The van der Waals surface area contributed by atoms with Gasteiger partial charge in [-0.05, 0) is 41.5 Å². The number of hydrogen-bond acceptors (Lipinski definition) is 5. The lowest BCUT2D eigenvalue weighted by Gasteiger charge is -2.38. The highest BCUT2D eigenvalue weighted by Crippen LogP contribution is 2.50. The van der Waals surface area contributed by atoms with Crippen LogP contribution in [0.3, 0.4) is 0 Å². The Kier molecular flexibility index (Phi) is 5.14. The molecule has 1 saturated heterocycles. The Morgan fingerprint density at radius 3 is 1.84 bits per heavy atom. The van der Waals surface area contributed by atoms with Crippen LogP contribution in [0.2, 0.25) is 5.02 Å². The molecule has 0 bridgehead atoms. The summed E-state index contributed by atoms with van der Waals surface area (Å²) in [6.07, 6.45) is 1.61. The summed E-state index contributed by atoms with van der Waals surface area (Å²) in [6.45, 7) is -0.394. The number of ether oxygens (including phenoxy) is 2. The van der Waals surface area contributed by atoms with E-state index in [1.165, 1.54) is 22.8 Å². The Morgan fingerprint density at radius 1 is 0.839 bits per heavy atom. The Labute approximate surface area is 181 Å². The highest BCUT2D eigenvalue weighted by atomic mass is 35.5. The molecule has 1 aromatic heterocycles. The summed E-state index contributed by atoms with van der Waals surface area (Å²) in [6, 6.07) is 17.2. The van der Waals surface area contributed by atoms with Crippen LogP contribution in [0.1, 0.15) is 11.1 Å². The van der Waals surface area contributed by atoms with E-state index >= 15 is 0 Å². The number of rotatable bonds is 5. The highest BCUT2D eigenvalue weighted by molar-refractivity contribution is 6.30. The van der Waals surface area contributed by atoms with E-state index in [0.29, 0.717) is 10.7 Å². The van der Waals surface area contributed by atoms with Crippen molar-refractivity contribution in [1.82, 2.24) is 4.57 Å². The first kappa shape index (κ1) is 20.8. The molecule has 31 heavy (non-hydrogen) atoms. The standard InChI is InChI=1S/C22H18ClN3O5/c23-16-8-4-14(5-9-16)21(19(24)28)22(20(25)29,31-13-30-21)15-6-10-17(11-7-15)26-12-2-1-3-18(26)27/h1-12H,13H2,(H2,24,28)(H2,25,29). The summed E-state index contributed by atoms with van der Waals surface area (Å²) in [5.41, 5.74) is 8.33. The van der Waals surface area contributed by atoms with Crippen LogP contribution in [-0.2, 0) is 30.3 Å². The van der Waals surface area contributed by atoms with Crippen LogP contribution < -0.4 is 17.0 Å². The van der Waals surface area contributed by atoms with E-state index in [-0.39, 0.29) is 16.7 Å². The average molecular weight is 440 g/mol. The molecule has 0 aliphatic carbocycles. The van der Waals surface area contributed by atoms with Crippen LogP contribution in [0, 0.1) is 0 Å². The molecule has 1 fully saturated rings. The van der Waals surface area contributed by atoms with E-state index in [0.717, 1.165) is 0 Å². The fourth-order valence-corrected chi connectivity index (χ4v) is 4.06. The number of nitrogens with zero attached hydrogens (tertiary/aromatic N) is 1. The number of carbonyl (C=O) groups is 2. The van der Waals surface area contributed by atoms with Crippen LogP contribution >= 0.6 is 11.6 Å². The third-order valence-corrected chi connectivity index (χ3v) is 5.62. The van der Waals surface area contributed by atoms with Gasteiger partial charge < -0.3 is 20.9 Å². The van der Waals surface area contributed by atoms with Gasteiger partial charge in [-0.3, -0.25) is 19.0 Å². The third-order valence-electron chi connectivity index (χ3n) is 5.37. The zero-order valence-electron chi connectivity index (χ0n) is 16.2. The first-order valence-electron chi connectivity index (χ1n) is 9.25. The maximum Gasteiger partial charge on any atom is 0.258 e. The quantitative estimate of drug-likeness (QED) is 0.623. The minimum atomic E-state index is -2.03. The summed E-state index contributed by atoms with van der Waals surface area (Å²) in [4.78, 5) is 37.7. The van der Waals surface area contributed by atoms with Gasteiger partial charge in [0, 0.05) is 23.0 Å². The molecule has 8 nitrogen and oxygen atoms in total. The number of hydrogen-bond donors (Lipinski definition) is 2. The van der Waals surface area contributed by atoms with Crippen molar-refractivity contribution in [1.29, 1.82) is 0 Å². The third kappa shape index (κ3) is 3.04. The van der Waals surface area contributed by atoms with Gasteiger partial charge in [-0.1, -0.05) is 41.9 Å². The molecular formula is C22H18ClN3O5. The molecule has 9 heteroatoms. The largest absolute Gasteiger partial charge is 0.367 e. The van der Waals surface area contributed by atoms with Crippen LogP contribution in [0.15, 0.2) is 77.7 Å². The molecule has 0 saturated carbocycles. The molecule has 158 valence electrons. The lowest BCUT2D eigenvalue weighted by atomic mass is 9.72. The molecule has 0 spiro atoms. The topological polar surface area (TPSA) is 127 Å². The minimum absolute atomic E-state index is 0.229. The molecule has 1 aliphatic heterocycles. The first-order valence-corrected chi connectivity index (χ1v) is 9.63. The Hall–Kier alpha value is -3.46. The van der Waals surface area contributed by atoms with E-state index < -0.39 is 29.8 Å². The second kappa shape index (κ2) is 7.66. The maximum atomic E-state index is 12.8. The van der Waals surface area contributed by atoms with E-state index in [4.69, 9.17) is 32.5 Å². The van der Waals surface area contributed by atoms with Crippen molar-refractivity contribution in [3.8, 4) is 5.69 Å². The predicted octanol–water partition coefficient (Wildman–Crippen LogP) is 1.56. The smallest absolute Gasteiger partial charge is 0.258 e. The molecule has 2 atom stereocenters. The van der Waals surface area contributed by atoms with E-state index in [2.05, 4.69) is 0 Å². The average Bonchev–Trinajstić information content (AvgIpc) is 3.17. The molecule has 3 aromatic rings. The number of halogens is 1. The van der Waals surface area contributed by atoms with Gasteiger partial charge in [-0.25, -0.2) is 0 Å².